The smallest absolute Gasteiger partial charge is 0.290 e. The first-order valence-electron chi connectivity index (χ1n) is 11.0. The molecule has 0 saturated heterocycles. The molecule has 0 radical (unpaired) electrons. The van der Waals surface area contributed by atoms with Gasteiger partial charge in [-0.3, -0.25) is 9.59 Å². The minimum Gasteiger partial charge on any atom is -0.504 e. The predicted octanol–water partition coefficient (Wildman–Crippen LogP) is 3.78. The molecule has 1 aliphatic heterocycles. The number of rotatable bonds is 8. The van der Waals surface area contributed by atoms with Crippen LogP contribution in [0.4, 0.5) is 0 Å². The van der Waals surface area contributed by atoms with Gasteiger partial charge in [0.2, 0.25) is 5.76 Å². The second-order valence-electron chi connectivity index (χ2n) is 7.76. The third-order valence-corrected chi connectivity index (χ3v) is 6.02. The highest BCUT2D eigenvalue weighted by atomic mass is 16.5. The molecule has 0 bridgehead atoms. The van der Waals surface area contributed by atoms with Crippen molar-refractivity contribution in [3.05, 3.63) is 69.6 Å². The molecule has 0 aliphatic carbocycles. The van der Waals surface area contributed by atoms with Crippen LogP contribution in [0.1, 0.15) is 48.5 Å². The Morgan fingerprint density at radius 2 is 1.84 bits per heavy atom. The van der Waals surface area contributed by atoms with Crippen LogP contribution in [0, 0.1) is 0 Å². The summed E-state index contributed by atoms with van der Waals surface area (Å²) in [5.41, 5.74) is 1.22. The van der Waals surface area contributed by atoms with Gasteiger partial charge < -0.3 is 24.1 Å². The van der Waals surface area contributed by atoms with Gasteiger partial charge in [-0.25, -0.2) is 0 Å². The number of para-hydroxylation sites is 1. The molecule has 7 heteroatoms. The first kappa shape index (κ1) is 21.9. The van der Waals surface area contributed by atoms with Crippen molar-refractivity contribution in [2.75, 3.05) is 32.8 Å². The van der Waals surface area contributed by atoms with Gasteiger partial charge in [-0.2, -0.15) is 0 Å². The number of amides is 1. The Balaban J connectivity index is 1.87. The van der Waals surface area contributed by atoms with Crippen LogP contribution in [0.5, 0.6) is 11.5 Å². The minimum absolute atomic E-state index is 0.0142. The van der Waals surface area contributed by atoms with Crippen LogP contribution in [-0.2, 0) is 0 Å². The second-order valence-corrected chi connectivity index (χ2v) is 7.76. The van der Waals surface area contributed by atoms with E-state index in [1.165, 1.54) is 6.07 Å². The summed E-state index contributed by atoms with van der Waals surface area (Å²) < 4.78 is 11.5. The maximum Gasteiger partial charge on any atom is 0.290 e. The number of ether oxygens (including phenoxy) is 1. The first-order valence-corrected chi connectivity index (χ1v) is 11.0. The normalized spacial score (nSPS) is 15.6. The lowest BCUT2D eigenvalue weighted by molar-refractivity contribution is 0.0708. The van der Waals surface area contributed by atoms with Gasteiger partial charge >= 0.3 is 0 Å². The van der Waals surface area contributed by atoms with Crippen LogP contribution < -0.4 is 10.2 Å². The summed E-state index contributed by atoms with van der Waals surface area (Å²) in [4.78, 5) is 30.8. The van der Waals surface area contributed by atoms with E-state index in [9.17, 15) is 14.7 Å². The van der Waals surface area contributed by atoms with Gasteiger partial charge in [-0.1, -0.05) is 32.0 Å². The molecule has 168 valence electrons. The summed E-state index contributed by atoms with van der Waals surface area (Å²) in [5.74, 6) is 0.121. The topological polar surface area (TPSA) is 83.2 Å². The summed E-state index contributed by atoms with van der Waals surface area (Å²) >= 11 is 0. The van der Waals surface area contributed by atoms with Gasteiger partial charge in [0, 0.05) is 13.1 Å². The molecular formula is C25H28N2O5. The molecule has 1 aromatic heterocycles. The Hall–Kier alpha value is -3.32. The summed E-state index contributed by atoms with van der Waals surface area (Å²) in [5, 5.41) is 10.6. The van der Waals surface area contributed by atoms with E-state index in [1.807, 2.05) is 6.92 Å². The maximum atomic E-state index is 13.5. The first-order chi connectivity index (χ1) is 15.5. The van der Waals surface area contributed by atoms with Crippen LogP contribution in [0.3, 0.4) is 0 Å². The fraction of sp³-hybridized carbons (Fsp3) is 0.360. The van der Waals surface area contributed by atoms with Crippen LogP contribution in [0.25, 0.3) is 11.0 Å². The zero-order valence-electron chi connectivity index (χ0n) is 18.6. The highest BCUT2D eigenvalue weighted by Gasteiger charge is 2.42. The molecule has 1 atom stereocenters. The Morgan fingerprint density at radius 3 is 2.56 bits per heavy atom. The van der Waals surface area contributed by atoms with Gasteiger partial charge in [-0.05, 0) is 49.8 Å². The van der Waals surface area contributed by atoms with E-state index in [4.69, 9.17) is 9.15 Å². The average Bonchev–Trinajstić information content (AvgIpc) is 3.08. The molecule has 1 amide bonds. The molecule has 1 N–H and O–H groups in total. The highest BCUT2D eigenvalue weighted by molar-refractivity contribution is 5.99. The van der Waals surface area contributed by atoms with E-state index < -0.39 is 6.04 Å². The quantitative estimate of drug-likeness (QED) is 0.579. The maximum absolute atomic E-state index is 13.5. The third kappa shape index (κ3) is 3.73. The van der Waals surface area contributed by atoms with Gasteiger partial charge in [0.05, 0.1) is 23.6 Å². The van der Waals surface area contributed by atoms with Gasteiger partial charge in [0.25, 0.3) is 5.91 Å². The fourth-order valence-corrected chi connectivity index (χ4v) is 4.31. The second kappa shape index (κ2) is 9.04. The molecule has 0 fully saturated rings. The Kier molecular flexibility index (Phi) is 6.19. The Labute approximate surface area is 186 Å². The number of likely N-dealkylation sites (N-methyl/N-ethyl adjacent to an activating group) is 1. The third-order valence-electron chi connectivity index (χ3n) is 6.02. The number of phenols is 1. The number of carbonyl (C=O) groups is 1. The van der Waals surface area contributed by atoms with Crippen LogP contribution in [0.2, 0.25) is 0 Å². The van der Waals surface area contributed by atoms with E-state index in [2.05, 4.69) is 18.7 Å². The Bertz CT molecular complexity index is 1200. The lowest BCUT2D eigenvalue weighted by Gasteiger charge is -2.28. The number of carbonyl (C=O) groups excluding carboxylic acids is 1. The van der Waals surface area contributed by atoms with Crippen molar-refractivity contribution < 1.29 is 19.1 Å². The molecule has 32 heavy (non-hydrogen) atoms. The zero-order valence-corrected chi connectivity index (χ0v) is 18.6. The van der Waals surface area contributed by atoms with Crippen molar-refractivity contribution >= 4 is 16.9 Å². The van der Waals surface area contributed by atoms with E-state index in [-0.39, 0.29) is 22.8 Å². The number of benzene rings is 2. The van der Waals surface area contributed by atoms with Crippen molar-refractivity contribution in [2.24, 2.45) is 0 Å². The summed E-state index contributed by atoms with van der Waals surface area (Å²) in [6.07, 6.45) is 0. The molecule has 1 unspecified atom stereocenters. The molecule has 0 saturated carbocycles. The van der Waals surface area contributed by atoms with Crippen LogP contribution in [-0.4, -0.2) is 53.6 Å². The van der Waals surface area contributed by atoms with Gasteiger partial charge in [-0.15, -0.1) is 0 Å². The van der Waals surface area contributed by atoms with Gasteiger partial charge in [0.1, 0.15) is 5.58 Å². The summed E-state index contributed by atoms with van der Waals surface area (Å²) in [7, 11) is 0. The molecule has 0 spiro atoms. The van der Waals surface area contributed by atoms with Crippen molar-refractivity contribution in [3.63, 3.8) is 0 Å². The van der Waals surface area contributed by atoms with Crippen molar-refractivity contribution in [1.29, 1.82) is 0 Å². The molecule has 2 aromatic carbocycles. The van der Waals surface area contributed by atoms with Crippen molar-refractivity contribution in [3.8, 4) is 11.5 Å². The van der Waals surface area contributed by atoms with Crippen LogP contribution in [0.15, 0.2) is 51.7 Å². The average molecular weight is 437 g/mol. The van der Waals surface area contributed by atoms with Crippen molar-refractivity contribution in [1.82, 2.24) is 9.80 Å². The summed E-state index contributed by atoms with van der Waals surface area (Å²) in [6, 6.07) is 11.3. The largest absolute Gasteiger partial charge is 0.504 e. The van der Waals surface area contributed by atoms with Crippen LogP contribution >= 0.6 is 0 Å². The molecular weight excluding hydrogens is 408 g/mol. The lowest BCUT2D eigenvalue weighted by atomic mass is 9.98. The monoisotopic (exact) mass is 436 g/mol. The molecule has 4 rings (SSSR count). The SMILES string of the molecule is CCOc1cc(C2c3c(oc4ccccc4c3=O)C(=O)N2CCN(CC)CC)ccc1O. The lowest BCUT2D eigenvalue weighted by Crippen LogP contribution is -2.37. The number of nitrogens with zero attached hydrogens (tertiary/aromatic N) is 2. The molecule has 1 aliphatic rings. The highest BCUT2D eigenvalue weighted by Crippen LogP contribution is 2.40. The Morgan fingerprint density at radius 1 is 1.09 bits per heavy atom. The number of hydrogen-bond donors (Lipinski definition) is 1. The predicted molar refractivity (Wildman–Crippen MR) is 122 cm³/mol. The van der Waals surface area contributed by atoms with E-state index in [0.717, 1.165) is 13.1 Å². The molecule has 3 aromatic rings. The number of aromatic hydroxyl groups is 1. The molecule has 7 nitrogen and oxygen atoms in total. The number of fused-ring (bicyclic) bond motifs is 2. The van der Waals surface area contributed by atoms with E-state index in [0.29, 0.717) is 47.5 Å². The number of phenolic OH excluding ortho intramolecular Hbond substituents is 1. The minimum atomic E-state index is -0.617. The van der Waals surface area contributed by atoms with Gasteiger partial charge in [0.15, 0.2) is 16.9 Å². The van der Waals surface area contributed by atoms with E-state index >= 15 is 0 Å². The summed E-state index contributed by atoms with van der Waals surface area (Å²) in [6.45, 7) is 9.22. The van der Waals surface area contributed by atoms with Crippen molar-refractivity contribution in [2.45, 2.75) is 26.8 Å². The zero-order chi connectivity index (χ0) is 22.8. The molecule has 2 heterocycles. The fourth-order valence-electron chi connectivity index (χ4n) is 4.31. The van der Waals surface area contributed by atoms with E-state index in [1.54, 1.807) is 41.3 Å². The number of hydrogen-bond acceptors (Lipinski definition) is 6. The standard InChI is InChI=1S/C25H28N2O5/c1-4-26(5-2)13-14-27-22(16-11-12-18(28)20(15-16)31-6-3)21-23(29)17-9-7-8-10-19(17)32-24(21)25(27)30/h7-12,15,22,28H,4-6,13-14H2,1-3H3.